The Morgan fingerprint density at radius 1 is 0.726 bits per heavy atom. The van der Waals surface area contributed by atoms with Crippen molar-refractivity contribution in [2.45, 2.75) is 176 Å². The minimum atomic E-state index is -2.00. The number of nitrogen functional groups attached to an aromatic ring is 1. The molecule has 4 heterocycles. The third kappa shape index (κ3) is 13.9. The number of rotatable bonds is 15. The van der Waals surface area contributed by atoms with Gasteiger partial charge in [0, 0.05) is 0 Å². The SMILES string of the molecule is CCOC(=O)c1c(CCC(C)(C)O[Si](C)(C)C(C)(C)C)nn2cc(OC)c(NC(=O)OC(C)(C)C)cc12.COc1cn2nc(CCC(C)(C)O[Si](C)(C)C(C)(C)C)cc2cc1N. The molecule has 0 spiro atoms. The highest BCUT2D eigenvalue weighted by atomic mass is 28.4. The average molecular weight is 899 g/mol. The molecule has 4 rings (SSSR count). The third-order valence-electron chi connectivity index (χ3n) is 11.6. The highest BCUT2D eigenvalue weighted by Crippen LogP contribution is 2.41. The van der Waals surface area contributed by atoms with E-state index < -0.39 is 39.9 Å². The Balaban J connectivity index is 0.000000356. The smallest absolute Gasteiger partial charge is 0.412 e. The lowest BCUT2D eigenvalue weighted by atomic mass is 9.99. The fourth-order valence-electron chi connectivity index (χ4n) is 6.42. The number of nitrogens with zero attached hydrogens (tertiary/aromatic N) is 4. The van der Waals surface area contributed by atoms with Crippen molar-refractivity contribution in [3.63, 3.8) is 0 Å². The van der Waals surface area contributed by atoms with E-state index in [4.69, 9.17) is 38.6 Å². The van der Waals surface area contributed by atoms with Gasteiger partial charge in [-0.15, -0.1) is 0 Å². The summed E-state index contributed by atoms with van der Waals surface area (Å²) in [6.07, 6.45) is 5.79. The van der Waals surface area contributed by atoms with Crippen molar-refractivity contribution in [1.82, 2.24) is 19.2 Å². The fraction of sp³-hybridized carbons (Fsp3) is 0.652. The summed E-state index contributed by atoms with van der Waals surface area (Å²) in [6, 6.07) is 5.63. The molecule has 3 N–H and O–H groups in total. The highest BCUT2D eigenvalue weighted by molar-refractivity contribution is 6.74. The Hall–Kier alpha value is -4.13. The topological polar surface area (TPSA) is 162 Å². The molecule has 0 aliphatic rings. The van der Waals surface area contributed by atoms with Gasteiger partial charge in [-0.3, -0.25) is 5.32 Å². The Morgan fingerprint density at radius 2 is 1.24 bits per heavy atom. The molecule has 0 radical (unpaired) electrons. The quantitative estimate of drug-likeness (QED) is 0.0862. The summed E-state index contributed by atoms with van der Waals surface area (Å²) in [6.45, 7) is 38.4. The van der Waals surface area contributed by atoms with Gasteiger partial charge in [0.2, 0.25) is 0 Å². The summed E-state index contributed by atoms with van der Waals surface area (Å²) in [5.74, 6) is 0.553. The molecule has 4 aromatic heterocycles. The van der Waals surface area contributed by atoms with Gasteiger partial charge in [0.25, 0.3) is 0 Å². The van der Waals surface area contributed by atoms with Gasteiger partial charge in [-0.25, -0.2) is 18.6 Å². The lowest BCUT2D eigenvalue weighted by Gasteiger charge is -2.42. The first-order chi connectivity index (χ1) is 28.1. The number of anilines is 2. The van der Waals surface area contributed by atoms with Crippen molar-refractivity contribution in [1.29, 1.82) is 0 Å². The van der Waals surface area contributed by atoms with Crippen LogP contribution in [0.25, 0.3) is 11.0 Å². The zero-order valence-corrected chi connectivity index (χ0v) is 43.6. The fourth-order valence-corrected chi connectivity index (χ4v) is 10.00. The van der Waals surface area contributed by atoms with E-state index in [-0.39, 0.29) is 22.3 Å². The summed E-state index contributed by atoms with van der Waals surface area (Å²) in [5.41, 5.74) is 9.21. The van der Waals surface area contributed by atoms with E-state index >= 15 is 0 Å². The molecule has 0 bridgehead atoms. The van der Waals surface area contributed by atoms with E-state index in [0.29, 0.717) is 52.5 Å². The van der Waals surface area contributed by atoms with Crippen LogP contribution in [0.5, 0.6) is 11.5 Å². The molecule has 1 amide bonds. The van der Waals surface area contributed by atoms with E-state index in [1.165, 1.54) is 7.11 Å². The minimum Gasteiger partial charge on any atom is -0.493 e. The van der Waals surface area contributed by atoms with Crippen LogP contribution in [0.3, 0.4) is 0 Å². The van der Waals surface area contributed by atoms with Crippen LogP contribution in [0, 0.1) is 0 Å². The Morgan fingerprint density at radius 3 is 1.73 bits per heavy atom. The van der Waals surface area contributed by atoms with Crippen molar-refractivity contribution >= 4 is 51.1 Å². The van der Waals surface area contributed by atoms with Gasteiger partial charge in [0.05, 0.1) is 78.2 Å². The number of aryl methyl sites for hydroxylation is 2. The van der Waals surface area contributed by atoms with Crippen LogP contribution in [0.1, 0.15) is 132 Å². The summed E-state index contributed by atoms with van der Waals surface area (Å²) < 4.78 is 38.2. The molecule has 16 heteroatoms. The number of nitrogens with two attached hydrogens (primary N) is 1. The molecule has 0 aliphatic carbocycles. The van der Waals surface area contributed by atoms with Gasteiger partial charge in [-0.05, 0) is 136 Å². The lowest BCUT2D eigenvalue weighted by molar-refractivity contribution is 0.0523. The maximum absolute atomic E-state index is 13.1. The summed E-state index contributed by atoms with van der Waals surface area (Å²) in [5, 5.41) is 12.4. The van der Waals surface area contributed by atoms with E-state index in [2.05, 4.69) is 112 Å². The standard InChI is InChI=1S/C27H45N3O6Si.C19H33N3O2Si/c1-13-34-23(31)22-18(14-15-27(8,9)36-37(11,12)26(5,6)7)29-30-17-21(33-10)19(16-20(22)30)28-24(32)35-25(2,3)4;1-18(2,3)25(7,8)24-19(4,5)10-9-14-11-15-12-16(20)17(23-6)13-22(15)21-14/h16-17H,13-15H2,1-12H3,(H,28,32);11-13H,9-10,20H2,1-8H3. The number of ether oxygens (including phenoxy) is 4. The molecule has 0 aromatic carbocycles. The monoisotopic (exact) mass is 899 g/mol. The van der Waals surface area contributed by atoms with E-state index in [1.807, 2.05) is 16.8 Å². The molecule has 348 valence electrons. The molecule has 0 saturated heterocycles. The predicted molar refractivity (Wildman–Crippen MR) is 255 cm³/mol. The predicted octanol–water partition coefficient (Wildman–Crippen LogP) is 11.3. The lowest BCUT2D eigenvalue weighted by Crippen LogP contribution is -2.47. The number of carbonyl (C=O) groups excluding carboxylic acids is 2. The molecule has 14 nitrogen and oxygen atoms in total. The Bertz CT molecular complexity index is 2170. The maximum atomic E-state index is 13.1. The van der Waals surface area contributed by atoms with Crippen molar-refractivity contribution < 1.29 is 37.4 Å². The second-order valence-electron chi connectivity index (χ2n) is 21.3. The number of hydrogen-bond donors (Lipinski definition) is 2. The Kier molecular flexibility index (Phi) is 16.3. The number of pyridine rings is 2. The van der Waals surface area contributed by atoms with Crippen molar-refractivity contribution in [3.8, 4) is 11.5 Å². The van der Waals surface area contributed by atoms with E-state index in [0.717, 1.165) is 24.1 Å². The van der Waals surface area contributed by atoms with E-state index in [1.54, 1.807) is 51.6 Å². The molecule has 0 aliphatic heterocycles. The molecular weight excluding hydrogens is 821 g/mol. The Labute approximate surface area is 373 Å². The summed E-state index contributed by atoms with van der Waals surface area (Å²) in [7, 11) is -0.673. The van der Waals surface area contributed by atoms with Crippen LogP contribution in [0.2, 0.25) is 36.3 Å². The van der Waals surface area contributed by atoms with Gasteiger partial charge in [0.15, 0.2) is 28.1 Å². The third-order valence-corrected chi connectivity index (χ3v) is 21.0. The molecular formula is C46H78N6O8Si2. The van der Waals surface area contributed by atoms with Crippen LogP contribution in [-0.4, -0.2) is 85.6 Å². The zero-order valence-electron chi connectivity index (χ0n) is 41.6. The van der Waals surface area contributed by atoms with Gasteiger partial charge < -0.3 is 33.5 Å². The number of nitrogens with one attached hydrogen (secondary N) is 1. The second-order valence-corrected chi connectivity index (χ2v) is 30.8. The van der Waals surface area contributed by atoms with Gasteiger partial charge in [0.1, 0.15) is 11.2 Å². The van der Waals surface area contributed by atoms with Crippen molar-refractivity contribution in [2.75, 3.05) is 31.9 Å². The number of fused-ring (bicyclic) bond motifs is 2. The summed E-state index contributed by atoms with van der Waals surface area (Å²) >= 11 is 0. The average Bonchev–Trinajstić information content (AvgIpc) is 3.66. The number of methoxy groups -OCH3 is 2. The first-order valence-electron chi connectivity index (χ1n) is 21.6. The van der Waals surface area contributed by atoms with Crippen LogP contribution in [-0.2, 0) is 31.2 Å². The van der Waals surface area contributed by atoms with Crippen LogP contribution < -0.4 is 20.5 Å². The number of hydrogen-bond acceptors (Lipinski definition) is 11. The minimum absolute atomic E-state index is 0.0809. The number of esters is 1. The molecule has 4 aromatic rings. The number of amides is 1. The molecule has 0 atom stereocenters. The second kappa shape index (κ2) is 19.3. The van der Waals surface area contributed by atoms with Crippen LogP contribution >= 0.6 is 0 Å². The van der Waals surface area contributed by atoms with Gasteiger partial charge >= 0.3 is 12.1 Å². The molecule has 0 saturated carbocycles. The molecule has 0 unspecified atom stereocenters. The molecule has 62 heavy (non-hydrogen) atoms. The van der Waals surface area contributed by atoms with E-state index in [9.17, 15) is 9.59 Å². The number of aromatic nitrogens is 4. The normalized spacial score (nSPS) is 13.2. The largest absolute Gasteiger partial charge is 0.493 e. The zero-order chi connectivity index (χ0) is 47.4. The van der Waals surface area contributed by atoms with Gasteiger partial charge in [-0.2, -0.15) is 10.2 Å². The van der Waals surface area contributed by atoms with Crippen molar-refractivity contribution in [3.05, 3.63) is 47.5 Å². The maximum Gasteiger partial charge on any atom is 0.412 e. The van der Waals surface area contributed by atoms with Gasteiger partial charge in [-0.1, -0.05) is 41.5 Å². The van der Waals surface area contributed by atoms with Crippen LogP contribution in [0.4, 0.5) is 16.2 Å². The van der Waals surface area contributed by atoms with Crippen LogP contribution in [0.15, 0.2) is 30.6 Å². The highest BCUT2D eigenvalue weighted by Gasteiger charge is 2.42. The number of carbonyl (C=O) groups is 2. The molecule has 0 fully saturated rings. The van der Waals surface area contributed by atoms with Crippen molar-refractivity contribution in [2.24, 2.45) is 0 Å². The first kappa shape index (κ1) is 52.2. The summed E-state index contributed by atoms with van der Waals surface area (Å²) in [4.78, 5) is 25.5. The first-order valence-corrected chi connectivity index (χ1v) is 27.4.